The SMILES string of the molecule is CC(C)(C)[Si](C)(C)OC[C@](Cc1ccccc1)(CP(c1ccccc1)c1ccccc1)C1C=CC=C1. The van der Waals surface area contributed by atoms with Crippen LogP contribution in [0.15, 0.2) is 115 Å². The average Bonchev–Trinajstić information content (AvgIpc) is 3.43. The summed E-state index contributed by atoms with van der Waals surface area (Å²) >= 11 is 0. The molecule has 0 fully saturated rings. The van der Waals surface area contributed by atoms with Gasteiger partial charge in [-0.25, -0.2) is 0 Å². The van der Waals surface area contributed by atoms with Crippen LogP contribution in [-0.2, 0) is 10.8 Å². The molecule has 0 aromatic heterocycles. The molecule has 0 bridgehead atoms. The van der Waals surface area contributed by atoms with Crippen molar-refractivity contribution < 1.29 is 4.43 Å². The summed E-state index contributed by atoms with van der Waals surface area (Å²) in [5.74, 6) is 0.347. The monoisotopic (exact) mass is 512 g/mol. The number of hydrogen-bond donors (Lipinski definition) is 0. The van der Waals surface area contributed by atoms with E-state index in [2.05, 4.69) is 149 Å². The van der Waals surface area contributed by atoms with Gasteiger partial charge < -0.3 is 4.43 Å². The van der Waals surface area contributed by atoms with Crippen molar-refractivity contribution in [2.24, 2.45) is 11.3 Å². The Labute approximate surface area is 221 Å². The molecular weight excluding hydrogens is 471 g/mol. The first-order chi connectivity index (χ1) is 17.2. The molecule has 0 radical (unpaired) electrons. The lowest BCUT2D eigenvalue weighted by atomic mass is 9.73. The molecule has 0 amide bonds. The van der Waals surface area contributed by atoms with Gasteiger partial charge in [0.1, 0.15) is 0 Å². The highest BCUT2D eigenvalue weighted by atomic mass is 31.1. The smallest absolute Gasteiger partial charge is 0.192 e. The topological polar surface area (TPSA) is 9.23 Å². The van der Waals surface area contributed by atoms with Crippen LogP contribution in [0.3, 0.4) is 0 Å². The summed E-state index contributed by atoms with van der Waals surface area (Å²) in [6, 6.07) is 33.3. The van der Waals surface area contributed by atoms with Crippen molar-refractivity contribution >= 4 is 26.8 Å². The summed E-state index contributed by atoms with van der Waals surface area (Å²) in [5.41, 5.74) is 1.35. The van der Waals surface area contributed by atoms with Gasteiger partial charge in [0, 0.05) is 17.9 Å². The van der Waals surface area contributed by atoms with E-state index < -0.39 is 16.2 Å². The fourth-order valence-electron chi connectivity index (χ4n) is 4.72. The van der Waals surface area contributed by atoms with Crippen molar-refractivity contribution in [2.75, 3.05) is 12.8 Å². The first kappa shape index (κ1) is 26.8. The minimum atomic E-state index is -1.93. The van der Waals surface area contributed by atoms with Gasteiger partial charge in [-0.1, -0.05) is 136 Å². The molecule has 1 nitrogen and oxygen atoms in total. The Morgan fingerprint density at radius 1 is 0.722 bits per heavy atom. The van der Waals surface area contributed by atoms with Gasteiger partial charge in [-0.15, -0.1) is 0 Å². The number of hydrogen-bond acceptors (Lipinski definition) is 1. The average molecular weight is 513 g/mol. The van der Waals surface area contributed by atoms with Crippen molar-refractivity contribution in [3.05, 3.63) is 121 Å². The number of allylic oxidation sites excluding steroid dienone is 4. The molecule has 1 aliphatic rings. The van der Waals surface area contributed by atoms with E-state index in [0.29, 0.717) is 5.92 Å². The van der Waals surface area contributed by atoms with E-state index >= 15 is 0 Å². The Kier molecular flexibility index (Phi) is 8.51. The van der Waals surface area contributed by atoms with Gasteiger partial charge in [0.2, 0.25) is 0 Å². The van der Waals surface area contributed by atoms with E-state index in [9.17, 15) is 0 Å². The Hall–Kier alpha value is -2.25. The van der Waals surface area contributed by atoms with Crippen LogP contribution in [0.4, 0.5) is 0 Å². The summed E-state index contributed by atoms with van der Waals surface area (Å²) < 4.78 is 7.10. The Morgan fingerprint density at radius 3 is 1.67 bits per heavy atom. The molecule has 1 atom stereocenters. The highest BCUT2D eigenvalue weighted by Gasteiger charge is 2.44. The van der Waals surface area contributed by atoms with Crippen molar-refractivity contribution in [1.29, 1.82) is 0 Å². The minimum Gasteiger partial charge on any atom is -0.416 e. The summed E-state index contributed by atoms with van der Waals surface area (Å²) in [4.78, 5) is 0. The molecule has 0 unspecified atom stereocenters. The summed E-state index contributed by atoms with van der Waals surface area (Å²) in [6.45, 7) is 12.6. The van der Waals surface area contributed by atoms with Gasteiger partial charge in [-0.05, 0) is 54.8 Å². The molecule has 0 saturated carbocycles. The molecule has 0 spiro atoms. The second-order valence-electron chi connectivity index (χ2n) is 11.6. The van der Waals surface area contributed by atoms with E-state index in [1.807, 2.05) is 0 Å². The van der Waals surface area contributed by atoms with Gasteiger partial charge in [0.25, 0.3) is 0 Å². The zero-order valence-electron chi connectivity index (χ0n) is 22.5. The van der Waals surface area contributed by atoms with Crippen molar-refractivity contribution in [2.45, 2.75) is 45.3 Å². The van der Waals surface area contributed by atoms with Crippen LogP contribution >= 0.6 is 7.92 Å². The third kappa shape index (κ3) is 6.35. The van der Waals surface area contributed by atoms with Crippen LogP contribution in [0, 0.1) is 11.3 Å². The summed E-state index contributed by atoms with van der Waals surface area (Å²) in [6.07, 6.45) is 11.3. The van der Waals surface area contributed by atoms with Crippen LogP contribution in [-0.4, -0.2) is 21.1 Å². The van der Waals surface area contributed by atoms with E-state index in [0.717, 1.165) is 19.2 Å². The maximum absolute atomic E-state index is 7.10. The predicted molar refractivity (Wildman–Crippen MR) is 161 cm³/mol. The lowest BCUT2D eigenvalue weighted by molar-refractivity contribution is 0.128. The fraction of sp³-hybridized carbons (Fsp3) is 0.333. The Morgan fingerprint density at radius 2 is 1.19 bits per heavy atom. The maximum Gasteiger partial charge on any atom is 0.192 e. The zero-order chi connectivity index (χ0) is 25.7. The van der Waals surface area contributed by atoms with Crippen molar-refractivity contribution in [3.63, 3.8) is 0 Å². The fourth-order valence-corrected chi connectivity index (χ4v) is 8.57. The van der Waals surface area contributed by atoms with E-state index in [4.69, 9.17) is 4.43 Å². The molecule has 3 heteroatoms. The van der Waals surface area contributed by atoms with Gasteiger partial charge in [0.05, 0.1) is 0 Å². The lowest BCUT2D eigenvalue weighted by Gasteiger charge is -2.45. The van der Waals surface area contributed by atoms with Crippen LogP contribution in [0.25, 0.3) is 0 Å². The van der Waals surface area contributed by atoms with Gasteiger partial charge in [0.15, 0.2) is 8.32 Å². The molecule has 0 heterocycles. The molecule has 3 aromatic carbocycles. The van der Waals surface area contributed by atoms with E-state index in [-0.39, 0.29) is 10.5 Å². The van der Waals surface area contributed by atoms with Crippen LogP contribution in [0.2, 0.25) is 18.1 Å². The second kappa shape index (κ2) is 11.4. The van der Waals surface area contributed by atoms with Crippen LogP contribution < -0.4 is 10.6 Å². The molecule has 0 N–H and O–H groups in total. The molecule has 1 aliphatic carbocycles. The van der Waals surface area contributed by atoms with Gasteiger partial charge in [-0.3, -0.25) is 0 Å². The summed E-state index contributed by atoms with van der Waals surface area (Å²) in [7, 11) is -2.49. The third-order valence-corrected chi connectivity index (χ3v) is 15.3. The molecular formula is C33H41OPSi. The third-order valence-electron chi connectivity index (χ3n) is 7.99. The molecule has 0 saturated heterocycles. The van der Waals surface area contributed by atoms with Crippen LogP contribution in [0.5, 0.6) is 0 Å². The summed E-state index contributed by atoms with van der Waals surface area (Å²) in [5, 5.41) is 3.06. The van der Waals surface area contributed by atoms with Gasteiger partial charge in [-0.2, -0.15) is 0 Å². The van der Waals surface area contributed by atoms with Crippen LogP contribution in [0.1, 0.15) is 26.3 Å². The molecule has 4 rings (SSSR count). The minimum absolute atomic E-state index is 0.0439. The molecule has 0 aliphatic heterocycles. The Bertz CT molecular complexity index is 1100. The van der Waals surface area contributed by atoms with Crippen molar-refractivity contribution in [3.8, 4) is 0 Å². The van der Waals surface area contributed by atoms with Crippen molar-refractivity contribution in [1.82, 2.24) is 0 Å². The highest BCUT2D eigenvalue weighted by Crippen LogP contribution is 2.49. The first-order valence-corrected chi connectivity index (χ1v) is 17.5. The van der Waals surface area contributed by atoms with Gasteiger partial charge >= 0.3 is 0 Å². The van der Waals surface area contributed by atoms with E-state index in [1.54, 1.807) is 0 Å². The predicted octanol–water partition coefficient (Wildman–Crippen LogP) is 8.11. The maximum atomic E-state index is 7.10. The molecule has 188 valence electrons. The Balaban J connectivity index is 1.81. The lowest BCUT2D eigenvalue weighted by Crippen LogP contribution is -2.48. The largest absolute Gasteiger partial charge is 0.416 e. The quantitative estimate of drug-likeness (QED) is 0.197. The highest BCUT2D eigenvalue weighted by molar-refractivity contribution is 7.73. The molecule has 3 aromatic rings. The van der Waals surface area contributed by atoms with E-state index in [1.165, 1.54) is 16.2 Å². The normalized spacial score (nSPS) is 15.9. The first-order valence-electron chi connectivity index (χ1n) is 13.1. The zero-order valence-corrected chi connectivity index (χ0v) is 24.4. The number of rotatable bonds is 10. The standard InChI is InChI=1S/C33H41OPSi/c1-32(2,3)36(4,5)34-26-33(29-19-15-16-20-29,25-28-17-9-6-10-18-28)27-35(30-21-11-7-12-22-30)31-23-13-8-14-24-31/h6-24,29H,25-27H2,1-5H3/t33-/m1/s1. The second-order valence-corrected chi connectivity index (χ2v) is 18.6. The molecule has 36 heavy (non-hydrogen) atoms. The number of benzene rings is 3.